The largest absolute Gasteiger partial charge is 0.477 e. The van der Waals surface area contributed by atoms with Crippen LogP contribution in [0.2, 0.25) is 5.02 Å². The molecule has 1 aromatic heterocycles. The lowest BCUT2D eigenvalue weighted by atomic mass is 10.1. The van der Waals surface area contributed by atoms with Crippen LogP contribution in [0.1, 0.15) is 16.1 Å². The number of nitrogen functional groups attached to an aromatic ring is 1. The minimum atomic E-state index is -0.988. The Morgan fingerprint density at radius 1 is 1.53 bits per heavy atom. The number of hydrogen-bond acceptors (Lipinski definition) is 2. The Balaban J connectivity index is 2.83. The number of nitrogens with two attached hydrogens (primary N) is 1. The van der Waals surface area contributed by atoms with Crippen molar-refractivity contribution in [2.24, 2.45) is 0 Å². The van der Waals surface area contributed by atoms with Crippen molar-refractivity contribution in [1.82, 2.24) is 4.98 Å². The molecular formula is C10H9ClN2O2. The molecule has 78 valence electrons. The molecule has 0 spiro atoms. The molecule has 4 nitrogen and oxygen atoms in total. The average Bonchev–Trinajstić information content (AvgIpc) is 2.46. The van der Waals surface area contributed by atoms with E-state index < -0.39 is 5.97 Å². The maximum atomic E-state index is 10.9. The molecule has 2 rings (SSSR count). The van der Waals surface area contributed by atoms with E-state index in [9.17, 15) is 4.79 Å². The van der Waals surface area contributed by atoms with Gasteiger partial charge < -0.3 is 15.8 Å². The number of nitrogens with one attached hydrogen (secondary N) is 1. The number of aromatic nitrogens is 1. The van der Waals surface area contributed by atoms with E-state index in [1.54, 1.807) is 19.1 Å². The number of halogens is 1. The number of rotatable bonds is 1. The van der Waals surface area contributed by atoms with E-state index >= 15 is 0 Å². The second kappa shape index (κ2) is 3.17. The third-order valence-electron chi connectivity index (χ3n) is 2.39. The molecule has 2 aromatic rings. The van der Waals surface area contributed by atoms with E-state index in [2.05, 4.69) is 4.98 Å². The van der Waals surface area contributed by atoms with Crippen LogP contribution < -0.4 is 5.73 Å². The number of anilines is 1. The number of fused-ring (bicyclic) bond motifs is 1. The Morgan fingerprint density at radius 3 is 2.80 bits per heavy atom. The van der Waals surface area contributed by atoms with Gasteiger partial charge >= 0.3 is 5.97 Å². The maximum absolute atomic E-state index is 10.9. The van der Waals surface area contributed by atoms with Crippen molar-refractivity contribution in [2.45, 2.75) is 6.92 Å². The second-order valence-electron chi connectivity index (χ2n) is 3.35. The van der Waals surface area contributed by atoms with Crippen molar-refractivity contribution in [2.75, 3.05) is 5.73 Å². The molecule has 1 heterocycles. The third-order valence-corrected chi connectivity index (χ3v) is 2.72. The zero-order valence-electron chi connectivity index (χ0n) is 7.97. The summed E-state index contributed by atoms with van der Waals surface area (Å²) in [5, 5.41) is 10.1. The SMILES string of the molecule is Cc1c(C(=O)O)[nH]c2cc(Cl)c(N)cc12. The molecule has 4 N–H and O–H groups in total. The topological polar surface area (TPSA) is 79.1 Å². The van der Waals surface area contributed by atoms with Gasteiger partial charge in [0.1, 0.15) is 5.69 Å². The monoisotopic (exact) mass is 224 g/mol. The highest BCUT2D eigenvalue weighted by atomic mass is 35.5. The van der Waals surface area contributed by atoms with Crippen molar-refractivity contribution in [3.05, 3.63) is 28.4 Å². The van der Waals surface area contributed by atoms with Gasteiger partial charge in [0.2, 0.25) is 0 Å². The van der Waals surface area contributed by atoms with Crippen molar-refractivity contribution < 1.29 is 9.90 Å². The van der Waals surface area contributed by atoms with E-state index in [1.807, 2.05) is 0 Å². The van der Waals surface area contributed by atoms with Gasteiger partial charge in [-0.05, 0) is 24.6 Å². The lowest BCUT2D eigenvalue weighted by Gasteiger charge is -1.97. The summed E-state index contributed by atoms with van der Waals surface area (Å²) in [5.41, 5.74) is 7.62. The van der Waals surface area contributed by atoms with Crippen molar-refractivity contribution in [3.63, 3.8) is 0 Å². The van der Waals surface area contributed by atoms with Gasteiger partial charge in [-0.3, -0.25) is 0 Å². The smallest absolute Gasteiger partial charge is 0.352 e. The Hall–Kier alpha value is -1.68. The Bertz CT molecular complexity index is 560. The highest BCUT2D eigenvalue weighted by Gasteiger charge is 2.14. The molecule has 0 fully saturated rings. The molecule has 15 heavy (non-hydrogen) atoms. The van der Waals surface area contributed by atoms with E-state index in [-0.39, 0.29) is 5.69 Å². The van der Waals surface area contributed by atoms with Crippen LogP contribution in [0.15, 0.2) is 12.1 Å². The molecule has 0 saturated heterocycles. The Morgan fingerprint density at radius 2 is 2.20 bits per heavy atom. The van der Waals surface area contributed by atoms with Crippen LogP contribution in [0.25, 0.3) is 10.9 Å². The van der Waals surface area contributed by atoms with Gasteiger partial charge in [-0.1, -0.05) is 11.6 Å². The fourth-order valence-electron chi connectivity index (χ4n) is 1.58. The molecule has 0 saturated carbocycles. The predicted octanol–water partition coefficient (Wildman–Crippen LogP) is 2.41. The van der Waals surface area contributed by atoms with E-state index in [4.69, 9.17) is 22.4 Å². The molecule has 0 atom stereocenters. The molecule has 0 bridgehead atoms. The van der Waals surface area contributed by atoms with E-state index in [0.717, 1.165) is 5.39 Å². The number of H-pyrrole nitrogens is 1. The fraction of sp³-hybridized carbons (Fsp3) is 0.100. The standard InChI is InChI=1S/C10H9ClN2O2/c1-4-5-2-7(12)6(11)3-8(5)13-9(4)10(14)15/h2-3,13H,12H2,1H3,(H,14,15). The molecule has 0 radical (unpaired) electrons. The molecule has 0 aliphatic heterocycles. The first-order valence-corrected chi connectivity index (χ1v) is 4.69. The van der Waals surface area contributed by atoms with Crippen LogP contribution >= 0.6 is 11.6 Å². The van der Waals surface area contributed by atoms with Crippen LogP contribution in [0, 0.1) is 6.92 Å². The van der Waals surface area contributed by atoms with Gasteiger partial charge in [0, 0.05) is 10.9 Å². The van der Waals surface area contributed by atoms with Crippen molar-refractivity contribution in [1.29, 1.82) is 0 Å². The molecular weight excluding hydrogens is 216 g/mol. The molecule has 1 aromatic carbocycles. The number of hydrogen-bond donors (Lipinski definition) is 3. The van der Waals surface area contributed by atoms with Crippen molar-refractivity contribution >= 4 is 34.2 Å². The summed E-state index contributed by atoms with van der Waals surface area (Å²) < 4.78 is 0. The molecule has 0 amide bonds. The predicted molar refractivity (Wildman–Crippen MR) is 59.4 cm³/mol. The van der Waals surface area contributed by atoms with E-state index in [0.29, 0.717) is 21.8 Å². The quantitative estimate of drug-likeness (QED) is 0.651. The number of carboxylic acid groups (broad SMARTS) is 1. The highest BCUT2D eigenvalue weighted by molar-refractivity contribution is 6.34. The van der Waals surface area contributed by atoms with Gasteiger partial charge in [-0.25, -0.2) is 4.79 Å². The number of aromatic amines is 1. The zero-order chi connectivity index (χ0) is 11.2. The number of carboxylic acids is 1. The Labute approximate surface area is 90.7 Å². The summed E-state index contributed by atoms with van der Waals surface area (Å²) in [6.07, 6.45) is 0. The normalized spacial score (nSPS) is 10.8. The molecule has 5 heteroatoms. The molecule has 0 aliphatic carbocycles. The highest BCUT2D eigenvalue weighted by Crippen LogP contribution is 2.29. The first-order valence-electron chi connectivity index (χ1n) is 4.31. The van der Waals surface area contributed by atoms with Crippen molar-refractivity contribution in [3.8, 4) is 0 Å². The van der Waals surface area contributed by atoms with Gasteiger partial charge in [0.05, 0.1) is 10.7 Å². The number of carbonyl (C=O) groups is 1. The van der Waals surface area contributed by atoms with Crippen LogP contribution in [0.4, 0.5) is 5.69 Å². The van der Waals surface area contributed by atoms with E-state index in [1.165, 1.54) is 0 Å². The summed E-state index contributed by atoms with van der Waals surface area (Å²) in [4.78, 5) is 13.7. The minimum Gasteiger partial charge on any atom is -0.477 e. The molecule has 0 unspecified atom stereocenters. The Kier molecular flexibility index (Phi) is 2.08. The van der Waals surface area contributed by atoms with Crippen LogP contribution in [-0.4, -0.2) is 16.1 Å². The first-order chi connectivity index (χ1) is 7.00. The zero-order valence-corrected chi connectivity index (χ0v) is 8.72. The third kappa shape index (κ3) is 1.43. The number of benzene rings is 1. The minimum absolute atomic E-state index is 0.173. The fourth-order valence-corrected chi connectivity index (χ4v) is 1.74. The molecule has 0 aliphatic rings. The summed E-state index contributed by atoms with van der Waals surface area (Å²) in [7, 11) is 0. The lowest BCUT2D eigenvalue weighted by Crippen LogP contribution is -1.97. The first kappa shape index (κ1) is 9.86. The summed E-state index contributed by atoms with van der Waals surface area (Å²) >= 11 is 5.84. The number of aryl methyl sites for hydroxylation is 1. The average molecular weight is 225 g/mol. The van der Waals surface area contributed by atoms with Crippen LogP contribution in [0.3, 0.4) is 0 Å². The van der Waals surface area contributed by atoms with Gasteiger partial charge in [0.25, 0.3) is 0 Å². The summed E-state index contributed by atoms with van der Waals surface area (Å²) in [5.74, 6) is -0.988. The summed E-state index contributed by atoms with van der Waals surface area (Å²) in [6.45, 7) is 1.73. The second-order valence-corrected chi connectivity index (χ2v) is 3.76. The van der Waals surface area contributed by atoms with Crippen LogP contribution in [-0.2, 0) is 0 Å². The van der Waals surface area contributed by atoms with Gasteiger partial charge in [0.15, 0.2) is 0 Å². The van der Waals surface area contributed by atoms with Gasteiger partial charge in [-0.2, -0.15) is 0 Å². The maximum Gasteiger partial charge on any atom is 0.352 e. The number of aromatic carboxylic acids is 1. The van der Waals surface area contributed by atoms with Gasteiger partial charge in [-0.15, -0.1) is 0 Å². The lowest BCUT2D eigenvalue weighted by molar-refractivity contribution is 0.0691. The summed E-state index contributed by atoms with van der Waals surface area (Å²) in [6, 6.07) is 3.31. The van der Waals surface area contributed by atoms with Crippen LogP contribution in [0.5, 0.6) is 0 Å².